The normalized spacial score (nSPS) is 14.1. The first kappa shape index (κ1) is 22.5. The van der Waals surface area contributed by atoms with Crippen molar-refractivity contribution in [1.29, 1.82) is 0 Å². The minimum Gasteiger partial charge on any atom is -0.348 e. The molecule has 4 N–H and O–H groups in total. The van der Waals surface area contributed by atoms with Crippen molar-refractivity contribution in [2.75, 3.05) is 13.1 Å². The molecule has 0 aromatic carbocycles. The van der Waals surface area contributed by atoms with Gasteiger partial charge >= 0.3 is 0 Å². The molecule has 6 heteroatoms. The van der Waals surface area contributed by atoms with Gasteiger partial charge in [0.25, 0.3) is 0 Å². The van der Waals surface area contributed by atoms with Gasteiger partial charge in [-0.3, -0.25) is 9.59 Å². The van der Waals surface area contributed by atoms with Crippen molar-refractivity contribution in [3.05, 3.63) is 0 Å². The molecular weight excluding hydrogens is 290 g/mol. The summed E-state index contributed by atoms with van der Waals surface area (Å²) in [5, 5.41) is 5.56. The molecule has 0 bridgehead atoms. The van der Waals surface area contributed by atoms with Crippen molar-refractivity contribution in [2.24, 2.45) is 17.1 Å². The molecule has 0 saturated carbocycles. The molecule has 1 unspecified atom stereocenters. The van der Waals surface area contributed by atoms with E-state index in [1.165, 1.54) is 0 Å². The Hall–Kier alpha value is -0.810. The van der Waals surface area contributed by atoms with Gasteiger partial charge < -0.3 is 16.4 Å². The Morgan fingerprint density at radius 1 is 1.10 bits per heavy atom. The zero-order chi connectivity index (χ0) is 16.0. The highest BCUT2D eigenvalue weighted by Crippen LogP contribution is 2.17. The lowest BCUT2D eigenvalue weighted by Gasteiger charge is -2.31. The molecule has 0 aromatic heterocycles. The highest BCUT2D eigenvalue weighted by atomic mass is 35.5. The van der Waals surface area contributed by atoms with Crippen LogP contribution in [0.5, 0.6) is 0 Å². The Kier molecular flexibility index (Phi) is 9.91. The van der Waals surface area contributed by atoms with Gasteiger partial charge in [0.15, 0.2) is 0 Å². The average Bonchev–Trinajstić information content (AvgIpc) is 2.23. The van der Waals surface area contributed by atoms with Gasteiger partial charge in [0.05, 0.1) is 6.54 Å². The van der Waals surface area contributed by atoms with E-state index in [9.17, 15) is 9.59 Å². The Labute approximate surface area is 135 Å². The van der Waals surface area contributed by atoms with Gasteiger partial charge in [0.2, 0.25) is 11.8 Å². The van der Waals surface area contributed by atoms with E-state index < -0.39 is 5.54 Å². The van der Waals surface area contributed by atoms with Crippen LogP contribution in [0.15, 0.2) is 0 Å². The summed E-state index contributed by atoms with van der Waals surface area (Å²) in [6, 6.07) is 0. The van der Waals surface area contributed by atoms with Crippen LogP contribution in [0.3, 0.4) is 0 Å². The summed E-state index contributed by atoms with van der Waals surface area (Å²) in [5.41, 5.74) is 5.24. The van der Waals surface area contributed by atoms with Crippen molar-refractivity contribution in [3.8, 4) is 0 Å². The number of carbonyl (C=O) groups excluding carboxylic acids is 2. The van der Waals surface area contributed by atoms with Crippen molar-refractivity contribution >= 4 is 24.2 Å². The van der Waals surface area contributed by atoms with Crippen molar-refractivity contribution in [2.45, 2.75) is 59.9 Å². The molecule has 0 radical (unpaired) electrons. The Morgan fingerprint density at radius 2 is 1.62 bits per heavy atom. The van der Waals surface area contributed by atoms with Gasteiger partial charge in [-0.2, -0.15) is 0 Å². The second-order valence-corrected chi connectivity index (χ2v) is 7.43. The van der Waals surface area contributed by atoms with E-state index in [4.69, 9.17) is 5.73 Å². The fourth-order valence-corrected chi connectivity index (χ4v) is 2.19. The SMILES string of the molecule is CC(C)CC(C)(CN)NC(=O)CNC(=O)CC(C)(C)C.Cl. The molecule has 0 heterocycles. The third kappa shape index (κ3) is 11.5. The molecule has 0 aliphatic heterocycles. The van der Waals surface area contributed by atoms with Crippen LogP contribution in [0.1, 0.15) is 54.4 Å². The van der Waals surface area contributed by atoms with Crippen LogP contribution in [0, 0.1) is 11.3 Å². The number of nitrogens with two attached hydrogens (primary N) is 1. The maximum absolute atomic E-state index is 11.9. The van der Waals surface area contributed by atoms with E-state index in [1.807, 2.05) is 27.7 Å². The van der Waals surface area contributed by atoms with Crippen LogP contribution in [-0.4, -0.2) is 30.4 Å². The molecule has 2 amide bonds. The number of nitrogens with one attached hydrogen (secondary N) is 2. The molecule has 0 aromatic rings. The smallest absolute Gasteiger partial charge is 0.239 e. The molecule has 21 heavy (non-hydrogen) atoms. The highest BCUT2D eigenvalue weighted by Gasteiger charge is 2.26. The largest absolute Gasteiger partial charge is 0.348 e. The second kappa shape index (κ2) is 9.26. The molecule has 0 aliphatic rings. The van der Waals surface area contributed by atoms with E-state index in [2.05, 4.69) is 24.5 Å². The van der Waals surface area contributed by atoms with Crippen LogP contribution in [-0.2, 0) is 9.59 Å². The van der Waals surface area contributed by atoms with Crippen LogP contribution < -0.4 is 16.4 Å². The number of amides is 2. The number of carbonyl (C=O) groups is 2. The number of rotatable bonds is 7. The van der Waals surface area contributed by atoms with E-state index in [-0.39, 0.29) is 36.2 Å². The van der Waals surface area contributed by atoms with E-state index in [0.717, 1.165) is 6.42 Å². The summed E-state index contributed by atoms with van der Waals surface area (Å²) < 4.78 is 0. The van der Waals surface area contributed by atoms with Gasteiger partial charge in [-0.05, 0) is 24.7 Å². The average molecular weight is 322 g/mol. The van der Waals surface area contributed by atoms with E-state index in [1.54, 1.807) is 0 Å². The number of halogens is 1. The lowest BCUT2D eigenvalue weighted by atomic mass is 9.90. The molecule has 0 saturated heterocycles. The second-order valence-electron chi connectivity index (χ2n) is 7.43. The fourth-order valence-electron chi connectivity index (χ4n) is 2.19. The minimum absolute atomic E-state index is 0. The first-order chi connectivity index (χ1) is 8.97. The van der Waals surface area contributed by atoms with Crippen LogP contribution in [0.2, 0.25) is 0 Å². The topological polar surface area (TPSA) is 84.2 Å². The summed E-state index contributed by atoms with van der Waals surface area (Å²) in [4.78, 5) is 23.5. The first-order valence-corrected chi connectivity index (χ1v) is 7.25. The standard InChI is InChI=1S/C15H31N3O2.ClH/c1-11(2)7-15(6,10-16)18-13(20)9-17-12(19)8-14(3,4)5;/h11H,7-10,16H2,1-6H3,(H,17,19)(H,18,20);1H. The molecule has 0 spiro atoms. The zero-order valence-corrected chi connectivity index (χ0v) is 15.0. The van der Waals surface area contributed by atoms with Crippen molar-refractivity contribution in [1.82, 2.24) is 10.6 Å². The molecule has 126 valence electrons. The fraction of sp³-hybridized carbons (Fsp3) is 0.867. The molecule has 0 fully saturated rings. The van der Waals surface area contributed by atoms with Gasteiger partial charge in [0.1, 0.15) is 0 Å². The highest BCUT2D eigenvalue weighted by molar-refractivity contribution is 5.85. The molecule has 0 aliphatic carbocycles. The van der Waals surface area contributed by atoms with E-state index >= 15 is 0 Å². The molecular formula is C15H32ClN3O2. The summed E-state index contributed by atoms with van der Waals surface area (Å²) in [6.07, 6.45) is 1.21. The quantitative estimate of drug-likeness (QED) is 0.669. The summed E-state index contributed by atoms with van der Waals surface area (Å²) in [6.45, 7) is 12.5. The third-order valence-electron chi connectivity index (χ3n) is 2.89. The van der Waals surface area contributed by atoms with Crippen molar-refractivity contribution < 1.29 is 9.59 Å². The monoisotopic (exact) mass is 321 g/mol. The predicted octanol–water partition coefficient (Wildman–Crippen LogP) is 1.84. The predicted molar refractivity (Wildman–Crippen MR) is 89.4 cm³/mol. The molecule has 5 nitrogen and oxygen atoms in total. The molecule has 1 atom stereocenters. The van der Waals surface area contributed by atoms with Gasteiger partial charge in [-0.25, -0.2) is 0 Å². The van der Waals surface area contributed by atoms with Gasteiger partial charge in [0, 0.05) is 18.5 Å². The Balaban J connectivity index is 0. The summed E-state index contributed by atoms with van der Waals surface area (Å²) >= 11 is 0. The van der Waals surface area contributed by atoms with Gasteiger partial charge in [-0.15, -0.1) is 12.4 Å². The van der Waals surface area contributed by atoms with Crippen molar-refractivity contribution in [3.63, 3.8) is 0 Å². The Morgan fingerprint density at radius 3 is 2.00 bits per heavy atom. The lowest BCUT2D eigenvalue weighted by Crippen LogP contribution is -2.54. The molecule has 0 rings (SSSR count). The zero-order valence-electron chi connectivity index (χ0n) is 14.2. The van der Waals surface area contributed by atoms with Gasteiger partial charge in [-0.1, -0.05) is 34.6 Å². The number of hydrogen-bond donors (Lipinski definition) is 3. The van der Waals surface area contributed by atoms with Crippen LogP contribution in [0.4, 0.5) is 0 Å². The number of hydrogen-bond acceptors (Lipinski definition) is 3. The first-order valence-electron chi connectivity index (χ1n) is 7.25. The Bertz CT molecular complexity index is 340. The van der Waals surface area contributed by atoms with E-state index in [0.29, 0.717) is 18.9 Å². The minimum atomic E-state index is -0.417. The maximum Gasteiger partial charge on any atom is 0.239 e. The lowest BCUT2D eigenvalue weighted by molar-refractivity contribution is -0.128. The third-order valence-corrected chi connectivity index (χ3v) is 2.89. The maximum atomic E-state index is 11.9. The summed E-state index contributed by atoms with van der Waals surface area (Å²) in [7, 11) is 0. The summed E-state index contributed by atoms with van der Waals surface area (Å²) in [5.74, 6) is 0.145. The van der Waals surface area contributed by atoms with Crippen LogP contribution in [0.25, 0.3) is 0 Å². The van der Waals surface area contributed by atoms with Crippen LogP contribution >= 0.6 is 12.4 Å².